The number of sulfone groups is 1. The van der Waals surface area contributed by atoms with Crippen molar-refractivity contribution in [2.45, 2.75) is 68.7 Å². The normalized spacial score (nSPS) is 18.0. The van der Waals surface area contributed by atoms with E-state index in [1.165, 1.54) is 29.4 Å². The van der Waals surface area contributed by atoms with E-state index < -0.39 is 9.84 Å². The van der Waals surface area contributed by atoms with Crippen LogP contribution in [-0.2, 0) is 22.7 Å². The van der Waals surface area contributed by atoms with E-state index in [0.29, 0.717) is 10.4 Å². The average Bonchev–Trinajstić information content (AvgIpc) is 3.21. The van der Waals surface area contributed by atoms with Gasteiger partial charge in [-0.05, 0) is 67.5 Å². The number of benzene rings is 1. The smallest absolute Gasteiger partial charge is 0.233 e. The minimum absolute atomic E-state index is 0.0543. The van der Waals surface area contributed by atoms with Crippen molar-refractivity contribution in [3.05, 3.63) is 59.2 Å². The van der Waals surface area contributed by atoms with Crippen LogP contribution in [0.1, 0.15) is 60.9 Å². The van der Waals surface area contributed by atoms with Crippen LogP contribution in [0.25, 0.3) is 0 Å². The van der Waals surface area contributed by atoms with E-state index in [1.807, 2.05) is 18.2 Å². The minimum atomic E-state index is -3.49. The van der Waals surface area contributed by atoms with E-state index in [0.717, 1.165) is 37.7 Å². The Balaban J connectivity index is 1.49. The molecule has 2 aromatic rings. The summed E-state index contributed by atoms with van der Waals surface area (Å²) >= 11 is 0. The quantitative estimate of drug-likeness (QED) is 0.752. The molecule has 0 bridgehead atoms. The van der Waals surface area contributed by atoms with Crippen LogP contribution < -0.4 is 5.49 Å². The number of fused-ring (bicyclic) bond motifs is 1. The van der Waals surface area contributed by atoms with Gasteiger partial charge in [-0.25, -0.2) is 8.42 Å². The minimum Gasteiger partial charge on any atom is -0.274 e. The second kappa shape index (κ2) is 8.66. The number of rotatable bonds is 5. The number of nitrogens with zero attached hydrogens (tertiary/aromatic N) is 2. The van der Waals surface area contributed by atoms with Gasteiger partial charge in [-0.1, -0.05) is 31.4 Å². The van der Waals surface area contributed by atoms with E-state index >= 15 is 0 Å². The lowest BCUT2D eigenvalue weighted by molar-refractivity contribution is 0.0903. The Bertz CT molecular complexity index is 1060. The Kier molecular flexibility index (Phi) is 5.99. The maximum atomic E-state index is 12.8. The molecule has 6 heteroatoms. The van der Waals surface area contributed by atoms with Crippen molar-refractivity contribution in [2.75, 3.05) is 5.75 Å². The number of carbonyl (C=O) groups is 1. The number of aromatic nitrogens is 1. The number of carbonyl (C=O) groups excluding carboxylic acids is 1. The SMILES string of the molecule is O=C(CCS(=O)(=O)c1ccc2c(c1)CCC2)n1ccccc1=NC1CCCCC1. The highest BCUT2D eigenvalue weighted by Crippen LogP contribution is 2.25. The summed E-state index contributed by atoms with van der Waals surface area (Å²) in [6, 6.07) is 11.1. The molecule has 4 rings (SSSR count). The Morgan fingerprint density at radius 2 is 1.79 bits per heavy atom. The van der Waals surface area contributed by atoms with E-state index in [-0.39, 0.29) is 24.1 Å². The molecular weight excluding hydrogens is 384 g/mol. The Morgan fingerprint density at radius 1 is 1.00 bits per heavy atom. The van der Waals surface area contributed by atoms with Gasteiger partial charge in [0, 0.05) is 12.6 Å². The van der Waals surface area contributed by atoms with Gasteiger partial charge < -0.3 is 0 Å². The van der Waals surface area contributed by atoms with Crippen LogP contribution in [0.3, 0.4) is 0 Å². The van der Waals surface area contributed by atoms with Crippen LogP contribution in [0, 0.1) is 0 Å². The fourth-order valence-corrected chi connectivity index (χ4v) is 5.63. The molecule has 0 atom stereocenters. The van der Waals surface area contributed by atoms with Gasteiger partial charge in [0.05, 0.1) is 16.7 Å². The fraction of sp³-hybridized carbons (Fsp3) is 0.478. The maximum absolute atomic E-state index is 12.8. The highest BCUT2D eigenvalue weighted by Gasteiger charge is 2.20. The van der Waals surface area contributed by atoms with Crippen molar-refractivity contribution in [1.82, 2.24) is 4.57 Å². The predicted molar refractivity (Wildman–Crippen MR) is 113 cm³/mol. The van der Waals surface area contributed by atoms with E-state index in [2.05, 4.69) is 0 Å². The topological polar surface area (TPSA) is 68.5 Å². The van der Waals surface area contributed by atoms with Crippen LogP contribution in [-0.4, -0.2) is 30.7 Å². The molecule has 0 saturated heterocycles. The molecule has 0 radical (unpaired) electrons. The van der Waals surface area contributed by atoms with Crippen molar-refractivity contribution in [3.8, 4) is 0 Å². The molecule has 0 spiro atoms. The van der Waals surface area contributed by atoms with Crippen molar-refractivity contribution >= 4 is 15.7 Å². The van der Waals surface area contributed by atoms with Crippen molar-refractivity contribution in [1.29, 1.82) is 0 Å². The standard InChI is InChI=1S/C23H28N2O3S/c26-23(25-15-5-4-11-22(25)24-20-9-2-1-3-10-20)14-16-29(27,28)21-13-12-18-7-6-8-19(18)17-21/h4-5,11-13,15,17,20H,1-3,6-10,14,16H2. The van der Waals surface area contributed by atoms with E-state index in [9.17, 15) is 13.2 Å². The molecule has 0 amide bonds. The first kappa shape index (κ1) is 20.1. The van der Waals surface area contributed by atoms with Gasteiger partial charge in [0.25, 0.3) is 0 Å². The number of pyridine rings is 1. The number of hydrogen-bond donors (Lipinski definition) is 0. The maximum Gasteiger partial charge on any atom is 0.233 e. The molecule has 1 heterocycles. The third-order valence-electron chi connectivity index (χ3n) is 6.01. The molecule has 2 aliphatic rings. The van der Waals surface area contributed by atoms with Gasteiger partial charge in [0.15, 0.2) is 9.84 Å². The highest BCUT2D eigenvalue weighted by molar-refractivity contribution is 7.91. The van der Waals surface area contributed by atoms with Gasteiger partial charge in [-0.15, -0.1) is 0 Å². The highest BCUT2D eigenvalue weighted by atomic mass is 32.2. The first-order valence-corrected chi connectivity index (χ1v) is 12.3. The van der Waals surface area contributed by atoms with Crippen LogP contribution in [0.5, 0.6) is 0 Å². The Labute approximate surface area is 172 Å². The van der Waals surface area contributed by atoms with Gasteiger partial charge in [0.2, 0.25) is 5.91 Å². The third-order valence-corrected chi connectivity index (χ3v) is 7.72. The molecule has 1 aromatic heterocycles. The van der Waals surface area contributed by atoms with E-state index in [1.54, 1.807) is 24.4 Å². The van der Waals surface area contributed by atoms with Gasteiger partial charge in [-0.3, -0.25) is 14.4 Å². The molecule has 0 N–H and O–H groups in total. The van der Waals surface area contributed by atoms with Crippen LogP contribution in [0.15, 0.2) is 52.5 Å². The lowest BCUT2D eigenvalue weighted by Gasteiger charge is -2.17. The molecule has 2 aliphatic carbocycles. The predicted octanol–water partition coefficient (Wildman–Crippen LogP) is 3.71. The first-order valence-electron chi connectivity index (χ1n) is 10.6. The summed E-state index contributed by atoms with van der Waals surface area (Å²) in [4.78, 5) is 17.9. The summed E-state index contributed by atoms with van der Waals surface area (Å²) < 4.78 is 27.1. The summed E-state index contributed by atoms with van der Waals surface area (Å²) in [5.41, 5.74) is 3.00. The fourth-order valence-electron chi connectivity index (χ4n) is 4.35. The molecule has 5 nitrogen and oxygen atoms in total. The lowest BCUT2D eigenvalue weighted by atomic mass is 9.96. The van der Waals surface area contributed by atoms with Gasteiger partial charge in [-0.2, -0.15) is 0 Å². The van der Waals surface area contributed by atoms with Crippen LogP contribution in [0.4, 0.5) is 0 Å². The second-order valence-corrected chi connectivity index (χ2v) is 10.2. The Morgan fingerprint density at radius 3 is 2.62 bits per heavy atom. The molecule has 29 heavy (non-hydrogen) atoms. The summed E-state index contributed by atoms with van der Waals surface area (Å²) in [7, 11) is -3.49. The third kappa shape index (κ3) is 4.69. The average molecular weight is 413 g/mol. The summed E-state index contributed by atoms with van der Waals surface area (Å²) in [5, 5.41) is 0. The molecule has 1 aromatic carbocycles. The van der Waals surface area contributed by atoms with E-state index in [4.69, 9.17) is 4.99 Å². The van der Waals surface area contributed by atoms with Crippen molar-refractivity contribution < 1.29 is 13.2 Å². The molecule has 1 saturated carbocycles. The lowest BCUT2D eigenvalue weighted by Crippen LogP contribution is -2.30. The molecular formula is C23H28N2O3S. The summed E-state index contributed by atoms with van der Waals surface area (Å²) in [5.74, 6) is -0.417. The molecule has 0 aliphatic heterocycles. The zero-order chi connectivity index (χ0) is 20.3. The van der Waals surface area contributed by atoms with Crippen LogP contribution in [0.2, 0.25) is 0 Å². The monoisotopic (exact) mass is 412 g/mol. The number of aryl methyl sites for hydroxylation is 2. The molecule has 0 unspecified atom stereocenters. The van der Waals surface area contributed by atoms with Gasteiger partial charge >= 0.3 is 0 Å². The Hall–Kier alpha value is -2.21. The second-order valence-electron chi connectivity index (χ2n) is 8.10. The zero-order valence-corrected chi connectivity index (χ0v) is 17.5. The molecule has 1 fully saturated rings. The van der Waals surface area contributed by atoms with Crippen molar-refractivity contribution in [2.24, 2.45) is 4.99 Å². The summed E-state index contributed by atoms with van der Waals surface area (Å²) in [6.07, 6.45) is 10.4. The van der Waals surface area contributed by atoms with Crippen molar-refractivity contribution in [3.63, 3.8) is 0 Å². The largest absolute Gasteiger partial charge is 0.274 e. The zero-order valence-electron chi connectivity index (χ0n) is 16.7. The van der Waals surface area contributed by atoms with Gasteiger partial charge in [0.1, 0.15) is 5.49 Å². The molecule has 154 valence electrons. The number of hydrogen-bond acceptors (Lipinski definition) is 4. The summed E-state index contributed by atoms with van der Waals surface area (Å²) in [6.45, 7) is 0. The first-order chi connectivity index (χ1) is 14.0. The van der Waals surface area contributed by atoms with Crippen LogP contribution >= 0.6 is 0 Å².